The highest BCUT2D eigenvalue weighted by molar-refractivity contribution is 6.30. The highest BCUT2D eigenvalue weighted by Gasteiger charge is 2.14. The summed E-state index contributed by atoms with van der Waals surface area (Å²) < 4.78 is 1.39. The van der Waals surface area contributed by atoms with Gasteiger partial charge in [0.2, 0.25) is 0 Å². The SMILES string of the molecule is Cn1c(C(=O)O)cc(CN)c1Cl. The molecule has 0 spiro atoms. The summed E-state index contributed by atoms with van der Waals surface area (Å²) in [5.41, 5.74) is 6.15. The van der Waals surface area contributed by atoms with Crippen LogP contribution in [0.25, 0.3) is 0 Å². The largest absolute Gasteiger partial charge is 0.477 e. The second-order valence-electron chi connectivity index (χ2n) is 2.41. The average Bonchev–Trinajstić information content (AvgIpc) is 2.30. The molecule has 0 bridgehead atoms. The van der Waals surface area contributed by atoms with Crippen LogP contribution in [0.15, 0.2) is 6.07 Å². The fourth-order valence-electron chi connectivity index (χ4n) is 0.991. The molecule has 12 heavy (non-hydrogen) atoms. The lowest BCUT2D eigenvalue weighted by Gasteiger charge is -1.97. The van der Waals surface area contributed by atoms with E-state index in [0.717, 1.165) is 0 Å². The summed E-state index contributed by atoms with van der Waals surface area (Å²) >= 11 is 5.78. The standard InChI is InChI=1S/C7H9ClN2O2/c1-10-5(7(11)12)2-4(3-9)6(10)8/h2H,3,9H2,1H3,(H,11,12). The van der Waals surface area contributed by atoms with Crippen molar-refractivity contribution >= 4 is 17.6 Å². The zero-order chi connectivity index (χ0) is 9.30. The molecule has 0 aliphatic carbocycles. The minimum atomic E-state index is -1.00. The molecule has 0 aliphatic heterocycles. The van der Waals surface area contributed by atoms with Crippen LogP contribution in [-0.2, 0) is 13.6 Å². The maximum atomic E-state index is 10.6. The molecule has 0 atom stereocenters. The molecule has 0 amide bonds. The molecule has 1 aromatic rings. The van der Waals surface area contributed by atoms with Gasteiger partial charge in [0.1, 0.15) is 10.8 Å². The van der Waals surface area contributed by atoms with Crippen LogP contribution in [0, 0.1) is 0 Å². The normalized spacial score (nSPS) is 10.2. The first-order chi connectivity index (χ1) is 5.57. The van der Waals surface area contributed by atoms with Crippen molar-refractivity contribution in [3.8, 4) is 0 Å². The molecule has 0 aliphatic rings. The molecule has 1 aromatic heterocycles. The first-order valence-corrected chi connectivity index (χ1v) is 3.73. The second-order valence-corrected chi connectivity index (χ2v) is 2.77. The highest BCUT2D eigenvalue weighted by Crippen LogP contribution is 2.19. The van der Waals surface area contributed by atoms with Gasteiger partial charge < -0.3 is 15.4 Å². The number of carboxylic acid groups (broad SMARTS) is 1. The monoisotopic (exact) mass is 188 g/mol. The third kappa shape index (κ3) is 1.31. The minimum absolute atomic E-state index is 0.153. The number of halogens is 1. The summed E-state index contributed by atoms with van der Waals surface area (Å²) in [4.78, 5) is 10.6. The van der Waals surface area contributed by atoms with E-state index in [2.05, 4.69) is 0 Å². The number of hydrogen-bond acceptors (Lipinski definition) is 2. The Balaban J connectivity index is 3.25. The zero-order valence-corrected chi connectivity index (χ0v) is 7.30. The maximum absolute atomic E-state index is 10.6. The van der Waals surface area contributed by atoms with E-state index in [-0.39, 0.29) is 12.2 Å². The van der Waals surface area contributed by atoms with E-state index in [0.29, 0.717) is 10.7 Å². The molecule has 0 saturated heterocycles. The van der Waals surface area contributed by atoms with Crippen molar-refractivity contribution in [2.24, 2.45) is 12.8 Å². The van der Waals surface area contributed by atoms with Crippen LogP contribution in [0.4, 0.5) is 0 Å². The molecule has 1 heterocycles. The van der Waals surface area contributed by atoms with Gasteiger partial charge in [-0.25, -0.2) is 4.79 Å². The molecule has 4 nitrogen and oxygen atoms in total. The van der Waals surface area contributed by atoms with E-state index in [1.165, 1.54) is 10.6 Å². The third-order valence-corrected chi connectivity index (χ3v) is 2.17. The summed E-state index contributed by atoms with van der Waals surface area (Å²) in [7, 11) is 1.59. The van der Waals surface area contributed by atoms with E-state index in [1.54, 1.807) is 7.05 Å². The van der Waals surface area contributed by atoms with Crippen LogP contribution in [-0.4, -0.2) is 15.6 Å². The highest BCUT2D eigenvalue weighted by atomic mass is 35.5. The first kappa shape index (κ1) is 9.09. The number of aromatic carboxylic acids is 1. The van der Waals surface area contributed by atoms with Gasteiger partial charge in [-0.3, -0.25) is 0 Å². The summed E-state index contributed by atoms with van der Waals surface area (Å²) in [6.07, 6.45) is 0. The zero-order valence-electron chi connectivity index (χ0n) is 6.54. The summed E-state index contributed by atoms with van der Waals surface area (Å²) in [6.45, 7) is 0.250. The summed E-state index contributed by atoms with van der Waals surface area (Å²) in [5.74, 6) is -1.00. The molecule has 5 heteroatoms. The Labute approximate surface area is 74.5 Å². The van der Waals surface area contributed by atoms with Crippen LogP contribution >= 0.6 is 11.6 Å². The number of carboxylic acids is 1. The molecule has 0 unspecified atom stereocenters. The lowest BCUT2D eigenvalue weighted by atomic mass is 10.3. The molecule has 66 valence electrons. The Morgan fingerprint density at radius 2 is 2.42 bits per heavy atom. The van der Waals surface area contributed by atoms with Crippen LogP contribution < -0.4 is 5.73 Å². The van der Waals surface area contributed by atoms with E-state index < -0.39 is 5.97 Å². The van der Waals surface area contributed by atoms with Crippen molar-refractivity contribution < 1.29 is 9.90 Å². The average molecular weight is 189 g/mol. The van der Waals surface area contributed by atoms with Crippen molar-refractivity contribution in [3.05, 3.63) is 22.5 Å². The van der Waals surface area contributed by atoms with Crippen molar-refractivity contribution in [3.63, 3.8) is 0 Å². The van der Waals surface area contributed by atoms with E-state index in [4.69, 9.17) is 22.4 Å². The van der Waals surface area contributed by atoms with Crippen LogP contribution in [0.3, 0.4) is 0 Å². The maximum Gasteiger partial charge on any atom is 0.352 e. The van der Waals surface area contributed by atoms with Crippen molar-refractivity contribution in [1.82, 2.24) is 4.57 Å². The second kappa shape index (κ2) is 3.16. The number of hydrogen-bond donors (Lipinski definition) is 2. The van der Waals surface area contributed by atoms with E-state index in [1.807, 2.05) is 0 Å². The molecule has 0 radical (unpaired) electrons. The van der Waals surface area contributed by atoms with Gasteiger partial charge in [0.05, 0.1) is 0 Å². The Morgan fingerprint density at radius 1 is 1.83 bits per heavy atom. The Kier molecular flexibility index (Phi) is 2.40. The number of nitrogens with two attached hydrogens (primary N) is 1. The van der Waals surface area contributed by atoms with Crippen molar-refractivity contribution in [1.29, 1.82) is 0 Å². The summed E-state index contributed by atoms with van der Waals surface area (Å²) in [5, 5.41) is 9.06. The van der Waals surface area contributed by atoms with Crippen LogP contribution in [0.1, 0.15) is 16.1 Å². The van der Waals surface area contributed by atoms with Gasteiger partial charge in [0.15, 0.2) is 0 Å². The predicted molar refractivity (Wildman–Crippen MR) is 45.3 cm³/mol. The molecule has 0 saturated carbocycles. The number of carbonyl (C=O) groups is 1. The van der Waals surface area contributed by atoms with E-state index in [9.17, 15) is 4.79 Å². The number of rotatable bonds is 2. The quantitative estimate of drug-likeness (QED) is 0.723. The molecular formula is C7H9ClN2O2. The number of aromatic nitrogens is 1. The summed E-state index contributed by atoms with van der Waals surface area (Å²) in [6, 6.07) is 1.48. The van der Waals surface area contributed by atoms with Gasteiger partial charge in [0, 0.05) is 19.2 Å². The lowest BCUT2D eigenvalue weighted by molar-refractivity contribution is 0.0686. The van der Waals surface area contributed by atoms with Gasteiger partial charge in [-0.1, -0.05) is 11.6 Å². The van der Waals surface area contributed by atoms with Gasteiger partial charge in [-0.15, -0.1) is 0 Å². The fraction of sp³-hybridized carbons (Fsp3) is 0.286. The topological polar surface area (TPSA) is 68.2 Å². The Hall–Kier alpha value is -1.00. The molecule has 1 rings (SSSR count). The third-order valence-electron chi connectivity index (χ3n) is 1.67. The Morgan fingerprint density at radius 3 is 2.67 bits per heavy atom. The van der Waals surface area contributed by atoms with Crippen molar-refractivity contribution in [2.75, 3.05) is 0 Å². The molecule has 0 fully saturated rings. The van der Waals surface area contributed by atoms with Gasteiger partial charge in [0.25, 0.3) is 0 Å². The van der Waals surface area contributed by atoms with Gasteiger partial charge in [-0.05, 0) is 6.07 Å². The van der Waals surface area contributed by atoms with Gasteiger partial charge >= 0.3 is 5.97 Å². The first-order valence-electron chi connectivity index (χ1n) is 3.35. The molecular weight excluding hydrogens is 180 g/mol. The van der Waals surface area contributed by atoms with Crippen LogP contribution in [0.2, 0.25) is 5.15 Å². The van der Waals surface area contributed by atoms with E-state index >= 15 is 0 Å². The molecule has 0 aromatic carbocycles. The number of nitrogens with zero attached hydrogens (tertiary/aromatic N) is 1. The fourth-order valence-corrected chi connectivity index (χ4v) is 1.21. The minimum Gasteiger partial charge on any atom is -0.477 e. The predicted octanol–water partition coefficient (Wildman–Crippen LogP) is 0.835. The van der Waals surface area contributed by atoms with Crippen LogP contribution in [0.5, 0.6) is 0 Å². The molecule has 3 N–H and O–H groups in total. The van der Waals surface area contributed by atoms with Gasteiger partial charge in [-0.2, -0.15) is 0 Å². The van der Waals surface area contributed by atoms with Crippen molar-refractivity contribution in [2.45, 2.75) is 6.54 Å². The lowest BCUT2D eigenvalue weighted by Crippen LogP contribution is -2.03. The smallest absolute Gasteiger partial charge is 0.352 e. The Bertz CT molecular complexity index is 319.